The topological polar surface area (TPSA) is 101 Å². The summed E-state index contributed by atoms with van der Waals surface area (Å²) < 4.78 is 22.2. The lowest BCUT2D eigenvalue weighted by atomic mass is 9.86. The molecule has 0 saturated heterocycles. The maximum Gasteiger partial charge on any atom is 0.305 e. The average Bonchev–Trinajstić information content (AvgIpc) is 2.44. The zero-order chi connectivity index (χ0) is 19.3. The van der Waals surface area contributed by atoms with Gasteiger partial charge in [-0.3, -0.25) is 9.59 Å². The van der Waals surface area contributed by atoms with Crippen LogP contribution in [0.4, 0.5) is 0 Å². The molecule has 1 unspecified atom stereocenters. The standard InChI is InChI=1S/C18H27NO5S/c1-18(2,3)14-9-7-13(8-10-14)15(12-17(21)22)19-16(20)6-5-11-25(4,23)24/h7-10,15H,5-6,11-12H2,1-4H3,(H,19,20)(H,21,22). The SMILES string of the molecule is CC(C)(C)c1ccc(C(CC(=O)O)NC(=O)CCCS(C)(=O)=O)cc1. The molecule has 0 aliphatic heterocycles. The summed E-state index contributed by atoms with van der Waals surface area (Å²) in [7, 11) is -3.11. The lowest BCUT2D eigenvalue weighted by Crippen LogP contribution is -2.30. The predicted molar refractivity (Wildman–Crippen MR) is 97.2 cm³/mol. The van der Waals surface area contributed by atoms with E-state index in [1.54, 1.807) is 0 Å². The molecule has 0 radical (unpaired) electrons. The maximum atomic E-state index is 12.0. The Labute approximate surface area is 149 Å². The van der Waals surface area contributed by atoms with Crippen molar-refractivity contribution in [1.29, 1.82) is 0 Å². The van der Waals surface area contributed by atoms with E-state index in [1.807, 2.05) is 24.3 Å². The van der Waals surface area contributed by atoms with Gasteiger partial charge in [0.2, 0.25) is 5.91 Å². The molecule has 140 valence electrons. The van der Waals surface area contributed by atoms with Crippen molar-refractivity contribution in [1.82, 2.24) is 5.32 Å². The second-order valence-corrected chi connectivity index (χ2v) is 9.58. The summed E-state index contributed by atoms with van der Waals surface area (Å²) in [4.78, 5) is 23.1. The second-order valence-electron chi connectivity index (χ2n) is 7.32. The van der Waals surface area contributed by atoms with Crippen LogP contribution in [0.2, 0.25) is 0 Å². The Balaban J connectivity index is 2.80. The minimum atomic E-state index is -3.11. The number of benzene rings is 1. The first kappa shape index (κ1) is 21.2. The first-order valence-electron chi connectivity index (χ1n) is 8.18. The summed E-state index contributed by atoms with van der Waals surface area (Å²) in [6, 6.07) is 6.87. The Hall–Kier alpha value is -1.89. The molecule has 0 fully saturated rings. The number of amides is 1. The number of carbonyl (C=O) groups excluding carboxylic acids is 1. The highest BCUT2D eigenvalue weighted by atomic mass is 32.2. The van der Waals surface area contributed by atoms with Crippen molar-refractivity contribution in [2.75, 3.05) is 12.0 Å². The molecule has 1 aromatic rings. The number of hydrogen-bond donors (Lipinski definition) is 2. The molecule has 7 heteroatoms. The van der Waals surface area contributed by atoms with E-state index in [-0.39, 0.29) is 36.3 Å². The third-order valence-electron chi connectivity index (χ3n) is 3.81. The van der Waals surface area contributed by atoms with E-state index in [1.165, 1.54) is 0 Å². The smallest absolute Gasteiger partial charge is 0.305 e. The molecule has 0 saturated carbocycles. The largest absolute Gasteiger partial charge is 0.481 e. The first-order valence-corrected chi connectivity index (χ1v) is 10.2. The Morgan fingerprint density at radius 1 is 1.16 bits per heavy atom. The van der Waals surface area contributed by atoms with Crippen molar-refractivity contribution in [2.45, 2.75) is 51.5 Å². The molecule has 25 heavy (non-hydrogen) atoms. The van der Waals surface area contributed by atoms with Crippen molar-refractivity contribution in [3.63, 3.8) is 0 Å². The maximum absolute atomic E-state index is 12.0. The fraction of sp³-hybridized carbons (Fsp3) is 0.556. The molecule has 2 N–H and O–H groups in total. The molecule has 1 atom stereocenters. The van der Waals surface area contributed by atoms with Crippen LogP contribution in [-0.4, -0.2) is 37.4 Å². The number of carboxylic acid groups (broad SMARTS) is 1. The van der Waals surface area contributed by atoms with Gasteiger partial charge in [-0.05, 0) is 23.0 Å². The van der Waals surface area contributed by atoms with Gasteiger partial charge >= 0.3 is 5.97 Å². The molecule has 0 aromatic heterocycles. The molecule has 0 spiro atoms. The fourth-order valence-electron chi connectivity index (χ4n) is 2.40. The molecule has 1 rings (SSSR count). The summed E-state index contributed by atoms with van der Waals surface area (Å²) in [5.41, 5.74) is 1.81. The van der Waals surface area contributed by atoms with Crippen LogP contribution in [0.3, 0.4) is 0 Å². The van der Waals surface area contributed by atoms with Crippen LogP contribution in [-0.2, 0) is 24.8 Å². The van der Waals surface area contributed by atoms with E-state index in [4.69, 9.17) is 5.11 Å². The van der Waals surface area contributed by atoms with Crippen LogP contribution >= 0.6 is 0 Å². The monoisotopic (exact) mass is 369 g/mol. The summed E-state index contributed by atoms with van der Waals surface area (Å²) >= 11 is 0. The molecule has 0 aliphatic rings. The average molecular weight is 369 g/mol. The number of hydrogen-bond acceptors (Lipinski definition) is 4. The normalized spacial score (nSPS) is 13.3. The van der Waals surface area contributed by atoms with Crippen molar-refractivity contribution < 1.29 is 23.1 Å². The van der Waals surface area contributed by atoms with Crippen molar-refractivity contribution in [3.05, 3.63) is 35.4 Å². The quantitative estimate of drug-likeness (QED) is 0.733. The molecular weight excluding hydrogens is 342 g/mol. The molecular formula is C18H27NO5S. The molecule has 0 aliphatic carbocycles. The zero-order valence-electron chi connectivity index (χ0n) is 15.2. The van der Waals surface area contributed by atoms with Crippen molar-refractivity contribution in [2.24, 2.45) is 0 Å². The third-order valence-corrected chi connectivity index (χ3v) is 4.84. The van der Waals surface area contributed by atoms with Gasteiger partial charge in [-0.25, -0.2) is 8.42 Å². The van der Waals surface area contributed by atoms with Gasteiger partial charge in [0, 0.05) is 12.7 Å². The number of nitrogens with one attached hydrogen (secondary N) is 1. The number of carboxylic acids is 1. The third kappa shape index (κ3) is 8.16. The Kier molecular flexibility index (Phi) is 7.17. The van der Waals surface area contributed by atoms with Gasteiger partial charge in [-0.2, -0.15) is 0 Å². The highest BCUT2D eigenvalue weighted by Gasteiger charge is 2.20. The molecule has 6 nitrogen and oxygen atoms in total. The highest BCUT2D eigenvalue weighted by molar-refractivity contribution is 7.90. The van der Waals surface area contributed by atoms with E-state index >= 15 is 0 Å². The number of sulfone groups is 1. The lowest BCUT2D eigenvalue weighted by Gasteiger charge is -2.22. The summed E-state index contributed by atoms with van der Waals surface area (Å²) in [5.74, 6) is -1.43. The van der Waals surface area contributed by atoms with Gasteiger partial charge in [0.15, 0.2) is 0 Å². The van der Waals surface area contributed by atoms with Crippen LogP contribution in [0.5, 0.6) is 0 Å². The van der Waals surface area contributed by atoms with Crippen molar-refractivity contribution >= 4 is 21.7 Å². The predicted octanol–water partition coefficient (Wildman–Crippen LogP) is 2.44. The Morgan fingerprint density at radius 3 is 2.16 bits per heavy atom. The van der Waals surface area contributed by atoms with Gasteiger partial charge in [-0.15, -0.1) is 0 Å². The van der Waals surface area contributed by atoms with Gasteiger partial charge in [-0.1, -0.05) is 45.0 Å². The Bertz CT molecular complexity index is 702. The lowest BCUT2D eigenvalue weighted by molar-refractivity contribution is -0.137. The van der Waals surface area contributed by atoms with Crippen LogP contribution in [0.15, 0.2) is 24.3 Å². The van der Waals surface area contributed by atoms with Crippen LogP contribution in [0.25, 0.3) is 0 Å². The highest BCUT2D eigenvalue weighted by Crippen LogP contribution is 2.25. The van der Waals surface area contributed by atoms with Gasteiger partial charge in [0.05, 0.1) is 18.2 Å². The minimum Gasteiger partial charge on any atom is -0.481 e. The zero-order valence-corrected chi connectivity index (χ0v) is 16.0. The number of aliphatic carboxylic acids is 1. The van der Waals surface area contributed by atoms with Crippen LogP contribution < -0.4 is 5.32 Å². The molecule has 0 bridgehead atoms. The van der Waals surface area contributed by atoms with Crippen LogP contribution in [0, 0.1) is 0 Å². The second kappa shape index (κ2) is 8.47. The fourth-order valence-corrected chi connectivity index (χ4v) is 3.07. The van der Waals surface area contributed by atoms with E-state index < -0.39 is 21.8 Å². The number of carbonyl (C=O) groups is 2. The first-order chi connectivity index (χ1) is 11.4. The molecule has 0 heterocycles. The molecule has 1 aromatic carbocycles. The summed E-state index contributed by atoms with van der Waals surface area (Å²) in [6.07, 6.45) is 1.15. The molecule has 1 amide bonds. The Morgan fingerprint density at radius 2 is 1.72 bits per heavy atom. The van der Waals surface area contributed by atoms with E-state index in [9.17, 15) is 18.0 Å². The van der Waals surface area contributed by atoms with E-state index in [0.717, 1.165) is 11.8 Å². The van der Waals surface area contributed by atoms with E-state index in [0.29, 0.717) is 5.56 Å². The van der Waals surface area contributed by atoms with Crippen LogP contribution in [0.1, 0.15) is 57.2 Å². The van der Waals surface area contributed by atoms with E-state index in [2.05, 4.69) is 26.1 Å². The van der Waals surface area contributed by atoms with Gasteiger partial charge in [0.25, 0.3) is 0 Å². The minimum absolute atomic E-state index is 0.0181. The van der Waals surface area contributed by atoms with Crippen molar-refractivity contribution in [3.8, 4) is 0 Å². The van der Waals surface area contributed by atoms with Gasteiger partial charge < -0.3 is 10.4 Å². The summed E-state index contributed by atoms with van der Waals surface area (Å²) in [6.45, 7) is 6.25. The van der Waals surface area contributed by atoms with Gasteiger partial charge in [0.1, 0.15) is 9.84 Å². The summed E-state index contributed by atoms with van der Waals surface area (Å²) in [5, 5.41) is 11.8. The number of rotatable bonds is 8.